The smallest absolute Gasteiger partial charge is 0.273 e. The van der Waals surface area contributed by atoms with Gasteiger partial charge >= 0.3 is 0 Å². The summed E-state index contributed by atoms with van der Waals surface area (Å²) >= 11 is 0. The molecule has 10 heteroatoms. The van der Waals surface area contributed by atoms with E-state index in [1.54, 1.807) is 35.9 Å². The summed E-state index contributed by atoms with van der Waals surface area (Å²) < 4.78 is 24.9. The molecule has 29 heavy (non-hydrogen) atoms. The van der Waals surface area contributed by atoms with Gasteiger partial charge in [0, 0.05) is 30.3 Å². The molecule has 0 saturated heterocycles. The van der Waals surface area contributed by atoms with Crippen LogP contribution in [0.25, 0.3) is 16.6 Å². The molecular weight excluding hydrogens is 392 g/mol. The molecule has 3 heterocycles. The molecule has 9 nitrogen and oxygen atoms in total. The highest BCUT2D eigenvalue weighted by atomic mass is 32.2. The molecule has 0 saturated carbocycles. The Morgan fingerprint density at radius 1 is 1.03 bits per heavy atom. The molecule has 0 aliphatic carbocycles. The third-order valence-electron chi connectivity index (χ3n) is 4.33. The van der Waals surface area contributed by atoms with E-state index in [1.807, 2.05) is 6.92 Å². The lowest BCUT2D eigenvalue weighted by atomic mass is 10.3. The highest BCUT2D eigenvalue weighted by Crippen LogP contribution is 2.21. The predicted octanol–water partition coefficient (Wildman–Crippen LogP) is 2.27. The number of nitrogens with one attached hydrogen (secondary N) is 2. The second-order valence-corrected chi connectivity index (χ2v) is 8.71. The molecule has 0 atom stereocenters. The molecule has 3 aromatic heterocycles. The Hall–Kier alpha value is -3.53. The minimum Gasteiger partial charge on any atom is -0.325 e. The lowest BCUT2D eigenvalue weighted by molar-refractivity contribution is 0.602. The number of H-pyrrole nitrogens is 1. The zero-order valence-electron chi connectivity index (χ0n) is 16.0. The van der Waals surface area contributed by atoms with Gasteiger partial charge in [-0.05, 0) is 38.1 Å². The van der Waals surface area contributed by atoms with Crippen LogP contribution in [-0.4, -0.2) is 39.4 Å². The molecular formula is C19H18N6O3S. The SMILES string of the molecule is Cc1cc(Nc2cc3c(cn2)c(=O)[nH]n3-c2ccc(S(C)(=O)=O)cc2)nc(C)n1. The first-order valence-electron chi connectivity index (χ1n) is 8.71. The average Bonchev–Trinajstić information content (AvgIpc) is 2.96. The van der Waals surface area contributed by atoms with E-state index in [0.29, 0.717) is 34.1 Å². The molecule has 4 aromatic rings. The largest absolute Gasteiger partial charge is 0.325 e. The molecule has 0 radical (unpaired) electrons. The summed E-state index contributed by atoms with van der Waals surface area (Å²) in [6, 6.07) is 9.80. The minimum atomic E-state index is -3.30. The van der Waals surface area contributed by atoms with Crippen molar-refractivity contribution in [2.24, 2.45) is 0 Å². The van der Waals surface area contributed by atoms with Crippen molar-refractivity contribution in [1.29, 1.82) is 0 Å². The standard InChI is InChI=1S/C19H18N6O3S/c1-11-8-18(22-12(2)21-11)23-17-9-16-15(10-20-17)19(26)24-25(16)13-4-6-14(7-5-13)29(3,27)28/h4-10H,1-3H3,(H,24,26)(H,20,21,22,23). The Bertz CT molecular complexity index is 1370. The number of fused-ring (bicyclic) bond motifs is 1. The van der Waals surface area contributed by atoms with E-state index in [1.165, 1.54) is 18.3 Å². The molecule has 0 amide bonds. The minimum absolute atomic E-state index is 0.207. The maximum Gasteiger partial charge on any atom is 0.273 e. The molecule has 0 spiro atoms. The third-order valence-corrected chi connectivity index (χ3v) is 5.45. The summed E-state index contributed by atoms with van der Waals surface area (Å²) in [6.07, 6.45) is 2.63. The quantitative estimate of drug-likeness (QED) is 0.529. The van der Waals surface area contributed by atoms with Gasteiger partial charge in [-0.3, -0.25) is 14.6 Å². The van der Waals surface area contributed by atoms with Crippen molar-refractivity contribution in [2.45, 2.75) is 18.7 Å². The van der Waals surface area contributed by atoms with Crippen LogP contribution in [-0.2, 0) is 9.84 Å². The normalized spacial score (nSPS) is 11.7. The number of aromatic amines is 1. The second-order valence-electron chi connectivity index (χ2n) is 6.70. The van der Waals surface area contributed by atoms with E-state index in [4.69, 9.17) is 0 Å². The second kappa shape index (κ2) is 6.82. The van der Waals surface area contributed by atoms with Gasteiger partial charge in [0.1, 0.15) is 17.5 Å². The van der Waals surface area contributed by atoms with Gasteiger partial charge in [-0.2, -0.15) is 0 Å². The zero-order valence-corrected chi connectivity index (χ0v) is 16.8. The Balaban J connectivity index is 1.77. The summed E-state index contributed by atoms with van der Waals surface area (Å²) in [6.45, 7) is 3.68. The van der Waals surface area contributed by atoms with E-state index < -0.39 is 9.84 Å². The van der Waals surface area contributed by atoms with Crippen molar-refractivity contribution in [2.75, 3.05) is 11.6 Å². The van der Waals surface area contributed by atoms with Crippen molar-refractivity contribution in [3.63, 3.8) is 0 Å². The number of sulfone groups is 1. The number of hydrogen-bond donors (Lipinski definition) is 2. The fraction of sp³-hybridized carbons (Fsp3) is 0.158. The molecule has 0 unspecified atom stereocenters. The van der Waals surface area contributed by atoms with Crippen LogP contribution in [0.4, 0.5) is 11.6 Å². The number of pyridine rings is 1. The van der Waals surface area contributed by atoms with E-state index >= 15 is 0 Å². The number of rotatable bonds is 4. The fourth-order valence-electron chi connectivity index (χ4n) is 3.05. The molecule has 0 bridgehead atoms. The monoisotopic (exact) mass is 410 g/mol. The van der Waals surface area contributed by atoms with Crippen LogP contribution < -0.4 is 10.9 Å². The summed E-state index contributed by atoms with van der Waals surface area (Å²) in [5.74, 6) is 1.75. The Labute approximate surface area is 166 Å². The summed E-state index contributed by atoms with van der Waals surface area (Å²) in [5.41, 5.74) is 1.75. The first-order chi connectivity index (χ1) is 13.7. The van der Waals surface area contributed by atoms with Crippen molar-refractivity contribution in [1.82, 2.24) is 24.7 Å². The van der Waals surface area contributed by atoms with Gasteiger partial charge in [-0.25, -0.2) is 23.4 Å². The lowest BCUT2D eigenvalue weighted by Crippen LogP contribution is -2.04. The summed E-state index contributed by atoms with van der Waals surface area (Å²) in [7, 11) is -3.30. The number of aryl methyl sites for hydroxylation is 2. The third kappa shape index (κ3) is 3.74. The van der Waals surface area contributed by atoms with Gasteiger partial charge in [0.25, 0.3) is 5.56 Å². The first kappa shape index (κ1) is 18.8. The van der Waals surface area contributed by atoms with Crippen molar-refractivity contribution in [3.05, 3.63) is 64.5 Å². The van der Waals surface area contributed by atoms with E-state index in [2.05, 4.69) is 25.4 Å². The Morgan fingerprint density at radius 3 is 2.41 bits per heavy atom. The van der Waals surface area contributed by atoms with Crippen LogP contribution in [0, 0.1) is 13.8 Å². The van der Waals surface area contributed by atoms with Gasteiger partial charge in [-0.15, -0.1) is 0 Å². The highest BCUT2D eigenvalue weighted by molar-refractivity contribution is 7.90. The molecule has 4 rings (SSSR count). The van der Waals surface area contributed by atoms with Crippen molar-refractivity contribution < 1.29 is 8.42 Å². The molecule has 0 fully saturated rings. The van der Waals surface area contributed by atoms with Gasteiger partial charge in [-0.1, -0.05) is 0 Å². The Morgan fingerprint density at radius 2 is 1.76 bits per heavy atom. The van der Waals surface area contributed by atoms with Crippen LogP contribution in [0.2, 0.25) is 0 Å². The molecule has 1 aromatic carbocycles. The van der Waals surface area contributed by atoms with Crippen LogP contribution in [0.15, 0.2) is 52.3 Å². The van der Waals surface area contributed by atoms with Crippen LogP contribution in [0.3, 0.4) is 0 Å². The van der Waals surface area contributed by atoms with Crippen LogP contribution in [0.5, 0.6) is 0 Å². The first-order valence-corrected chi connectivity index (χ1v) is 10.6. The van der Waals surface area contributed by atoms with Gasteiger partial charge in [0.2, 0.25) is 0 Å². The Kier molecular flexibility index (Phi) is 4.42. The summed E-state index contributed by atoms with van der Waals surface area (Å²) in [5, 5.41) is 6.29. The topological polar surface area (TPSA) is 123 Å². The lowest BCUT2D eigenvalue weighted by Gasteiger charge is -2.08. The maximum absolute atomic E-state index is 12.3. The fourth-order valence-corrected chi connectivity index (χ4v) is 3.68. The number of nitrogens with zero attached hydrogens (tertiary/aromatic N) is 4. The molecule has 148 valence electrons. The van der Waals surface area contributed by atoms with E-state index in [-0.39, 0.29) is 10.5 Å². The van der Waals surface area contributed by atoms with Crippen molar-refractivity contribution in [3.8, 4) is 5.69 Å². The molecule has 0 aliphatic heterocycles. The zero-order chi connectivity index (χ0) is 20.8. The maximum atomic E-state index is 12.3. The van der Waals surface area contributed by atoms with Gasteiger partial charge in [0.05, 0.1) is 21.5 Å². The number of hydrogen-bond acceptors (Lipinski definition) is 7. The van der Waals surface area contributed by atoms with E-state index in [9.17, 15) is 13.2 Å². The number of benzene rings is 1. The molecule has 2 N–H and O–H groups in total. The number of aromatic nitrogens is 5. The van der Waals surface area contributed by atoms with Crippen LogP contribution in [0.1, 0.15) is 11.5 Å². The van der Waals surface area contributed by atoms with E-state index in [0.717, 1.165) is 11.9 Å². The number of anilines is 2. The average molecular weight is 410 g/mol. The van der Waals surface area contributed by atoms with Gasteiger partial charge < -0.3 is 5.32 Å². The van der Waals surface area contributed by atoms with Crippen molar-refractivity contribution >= 4 is 32.4 Å². The summed E-state index contributed by atoms with van der Waals surface area (Å²) in [4.78, 5) is 25.4. The van der Waals surface area contributed by atoms with Crippen LogP contribution >= 0.6 is 0 Å². The predicted molar refractivity (Wildman–Crippen MR) is 110 cm³/mol. The highest BCUT2D eigenvalue weighted by Gasteiger charge is 2.12. The van der Waals surface area contributed by atoms with Gasteiger partial charge in [0.15, 0.2) is 9.84 Å². The molecule has 0 aliphatic rings.